The molecule has 0 saturated heterocycles. The van der Waals surface area contributed by atoms with Crippen LogP contribution in [0, 0.1) is 0 Å². The van der Waals surface area contributed by atoms with Crippen LogP contribution in [0.15, 0.2) is 77.8 Å². The number of rotatable bonds is 8. The number of aliphatic imine (C=N–C) groups is 1. The number of hydrogen-bond donors (Lipinski definition) is 2. The predicted molar refractivity (Wildman–Crippen MR) is 134 cm³/mol. The van der Waals surface area contributed by atoms with E-state index in [2.05, 4.69) is 10.3 Å². The first kappa shape index (κ1) is 24.0. The highest BCUT2D eigenvalue weighted by atomic mass is 127. The SMILES string of the molecule is COc1ccc(NC(N)=NCc2ccccc2COCc2ccccc2)cc1Cl.I. The van der Waals surface area contributed by atoms with Crippen LogP contribution in [0.1, 0.15) is 16.7 Å². The topological polar surface area (TPSA) is 68.9 Å². The third-order valence-electron chi connectivity index (χ3n) is 4.33. The fourth-order valence-corrected chi connectivity index (χ4v) is 3.07. The van der Waals surface area contributed by atoms with Gasteiger partial charge in [0, 0.05) is 5.69 Å². The van der Waals surface area contributed by atoms with E-state index in [4.69, 9.17) is 26.8 Å². The number of guanidine groups is 1. The second-order valence-corrected chi connectivity index (χ2v) is 6.83. The Morgan fingerprint density at radius 2 is 1.67 bits per heavy atom. The van der Waals surface area contributed by atoms with Gasteiger partial charge in [0.25, 0.3) is 0 Å². The number of nitrogens with two attached hydrogens (primary N) is 1. The van der Waals surface area contributed by atoms with E-state index in [0.717, 1.165) is 22.4 Å². The van der Waals surface area contributed by atoms with E-state index in [1.165, 1.54) is 0 Å². The first-order chi connectivity index (χ1) is 14.2. The van der Waals surface area contributed by atoms with Crippen molar-refractivity contribution < 1.29 is 9.47 Å². The van der Waals surface area contributed by atoms with Gasteiger partial charge < -0.3 is 20.5 Å². The third kappa shape index (κ3) is 7.19. The number of ether oxygens (including phenoxy) is 2. The molecule has 0 aliphatic carbocycles. The van der Waals surface area contributed by atoms with Gasteiger partial charge in [-0.3, -0.25) is 0 Å². The molecule has 0 amide bonds. The van der Waals surface area contributed by atoms with Gasteiger partial charge in [0.1, 0.15) is 5.75 Å². The standard InChI is InChI=1S/C23H24ClN3O2.HI/c1-28-22-12-11-20(13-21(22)24)27-23(25)26-14-18-9-5-6-10-19(18)16-29-15-17-7-3-2-4-8-17;/h2-13H,14-16H2,1H3,(H3,25,26,27);1H. The molecule has 3 aromatic carbocycles. The van der Waals surface area contributed by atoms with Crippen molar-refractivity contribution >= 4 is 47.2 Å². The quantitative estimate of drug-likeness (QED) is 0.223. The maximum absolute atomic E-state index is 6.14. The van der Waals surface area contributed by atoms with Crippen LogP contribution in [0.5, 0.6) is 5.75 Å². The molecule has 0 radical (unpaired) electrons. The Labute approximate surface area is 199 Å². The maximum Gasteiger partial charge on any atom is 0.193 e. The van der Waals surface area contributed by atoms with Crippen molar-refractivity contribution in [3.8, 4) is 5.75 Å². The highest BCUT2D eigenvalue weighted by molar-refractivity contribution is 14.0. The van der Waals surface area contributed by atoms with Crippen LogP contribution >= 0.6 is 35.6 Å². The van der Waals surface area contributed by atoms with Crippen molar-refractivity contribution in [2.75, 3.05) is 12.4 Å². The lowest BCUT2D eigenvalue weighted by atomic mass is 10.1. The molecular weight excluding hydrogens is 513 g/mol. The van der Waals surface area contributed by atoms with E-state index < -0.39 is 0 Å². The molecule has 0 fully saturated rings. The van der Waals surface area contributed by atoms with Crippen molar-refractivity contribution in [1.29, 1.82) is 0 Å². The van der Waals surface area contributed by atoms with Crippen LogP contribution in [0.25, 0.3) is 0 Å². The zero-order chi connectivity index (χ0) is 20.5. The monoisotopic (exact) mass is 537 g/mol. The molecule has 0 unspecified atom stereocenters. The van der Waals surface area contributed by atoms with E-state index in [0.29, 0.717) is 36.5 Å². The zero-order valence-electron chi connectivity index (χ0n) is 16.7. The average Bonchev–Trinajstić information content (AvgIpc) is 2.74. The summed E-state index contributed by atoms with van der Waals surface area (Å²) in [5.74, 6) is 0.920. The molecule has 0 heterocycles. The molecule has 0 aromatic heterocycles. The van der Waals surface area contributed by atoms with Gasteiger partial charge in [0.2, 0.25) is 0 Å². The van der Waals surface area contributed by atoms with Gasteiger partial charge in [-0.2, -0.15) is 0 Å². The van der Waals surface area contributed by atoms with Gasteiger partial charge >= 0.3 is 0 Å². The molecule has 3 rings (SSSR count). The number of anilines is 1. The lowest BCUT2D eigenvalue weighted by molar-refractivity contribution is 0.106. The van der Waals surface area contributed by atoms with Gasteiger partial charge in [-0.1, -0.05) is 66.2 Å². The molecular formula is C23H25ClIN3O2. The van der Waals surface area contributed by atoms with Gasteiger partial charge in [0.15, 0.2) is 5.96 Å². The summed E-state index contributed by atoms with van der Waals surface area (Å²) in [6, 6.07) is 23.5. The summed E-state index contributed by atoms with van der Waals surface area (Å²) in [6.45, 7) is 1.54. The Kier molecular flexibility index (Phi) is 9.93. The molecule has 0 aliphatic heterocycles. The summed E-state index contributed by atoms with van der Waals surface area (Å²) in [4.78, 5) is 4.44. The van der Waals surface area contributed by atoms with Crippen molar-refractivity contribution in [3.05, 3.63) is 94.5 Å². The van der Waals surface area contributed by atoms with Crippen LogP contribution in [0.3, 0.4) is 0 Å². The third-order valence-corrected chi connectivity index (χ3v) is 4.63. The lowest BCUT2D eigenvalue weighted by Gasteiger charge is -2.10. The van der Waals surface area contributed by atoms with E-state index in [-0.39, 0.29) is 24.0 Å². The number of nitrogens with one attached hydrogen (secondary N) is 1. The van der Waals surface area contributed by atoms with Gasteiger partial charge in [-0.15, -0.1) is 24.0 Å². The minimum Gasteiger partial charge on any atom is -0.495 e. The summed E-state index contributed by atoms with van der Waals surface area (Å²) in [7, 11) is 1.57. The van der Waals surface area contributed by atoms with Gasteiger partial charge in [-0.05, 0) is 34.9 Å². The van der Waals surface area contributed by atoms with Crippen LogP contribution in [-0.4, -0.2) is 13.1 Å². The van der Waals surface area contributed by atoms with Crippen molar-refractivity contribution in [2.45, 2.75) is 19.8 Å². The van der Waals surface area contributed by atoms with Crippen molar-refractivity contribution in [1.82, 2.24) is 0 Å². The second-order valence-electron chi connectivity index (χ2n) is 6.42. The molecule has 0 aliphatic rings. The minimum absolute atomic E-state index is 0. The molecule has 0 bridgehead atoms. The van der Waals surface area contributed by atoms with Crippen LogP contribution < -0.4 is 15.8 Å². The Morgan fingerprint density at radius 1 is 0.967 bits per heavy atom. The molecule has 5 nitrogen and oxygen atoms in total. The highest BCUT2D eigenvalue weighted by Crippen LogP contribution is 2.27. The minimum atomic E-state index is 0. The largest absolute Gasteiger partial charge is 0.495 e. The number of methoxy groups -OCH3 is 1. The van der Waals surface area contributed by atoms with E-state index in [1.807, 2.05) is 60.7 Å². The highest BCUT2D eigenvalue weighted by Gasteiger charge is 2.05. The summed E-state index contributed by atoms with van der Waals surface area (Å²) < 4.78 is 11.0. The smallest absolute Gasteiger partial charge is 0.193 e. The molecule has 0 saturated carbocycles. The molecule has 0 spiro atoms. The number of nitrogens with zero attached hydrogens (tertiary/aromatic N) is 1. The van der Waals surface area contributed by atoms with Crippen molar-refractivity contribution in [3.63, 3.8) is 0 Å². The second kappa shape index (κ2) is 12.4. The van der Waals surface area contributed by atoms with Crippen LogP contribution in [0.4, 0.5) is 5.69 Å². The average molecular weight is 538 g/mol. The molecule has 3 N–H and O–H groups in total. The first-order valence-electron chi connectivity index (χ1n) is 9.24. The van der Waals surface area contributed by atoms with Crippen LogP contribution in [-0.2, 0) is 24.5 Å². The summed E-state index contributed by atoms with van der Waals surface area (Å²) >= 11 is 6.14. The predicted octanol–water partition coefficient (Wildman–Crippen LogP) is 5.61. The zero-order valence-corrected chi connectivity index (χ0v) is 19.8. The first-order valence-corrected chi connectivity index (χ1v) is 9.62. The summed E-state index contributed by atoms with van der Waals surface area (Å²) in [6.07, 6.45) is 0. The molecule has 3 aromatic rings. The number of benzene rings is 3. The Bertz CT molecular complexity index is 968. The Morgan fingerprint density at radius 3 is 2.37 bits per heavy atom. The van der Waals surface area contributed by atoms with Crippen molar-refractivity contribution in [2.24, 2.45) is 10.7 Å². The summed E-state index contributed by atoms with van der Waals surface area (Å²) in [5, 5.41) is 3.55. The van der Waals surface area contributed by atoms with E-state index >= 15 is 0 Å². The fraction of sp³-hybridized carbons (Fsp3) is 0.174. The van der Waals surface area contributed by atoms with E-state index in [1.54, 1.807) is 19.2 Å². The van der Waals surface area contributed by atoms with Gasteiger partial charge in [0.05, 0.1) is 31.9 Å². The maximum atomic E-state index is 6.14. The summed E-state index contributed by atoms with van der Waals surface area (Å²) in [5.41, 5.74) is 10.1. The number of hydrogen-bond acceptors (Lipinski definition) is 3. The normalized spacial score (nSPS) is 10.9. The van der Waals surface area contributed by atoms with Crippen LogP contribution in [0.2, 0.25) is 5.02 Å². The van der Waals surface area contributed by atoms with E-state index in [9.17, 15) is 0 Å². The van der Waals surface area contributed by atoms with Gasteiger partial charge in [-0.25, -0.2) is 4.99 Å². The lowest BCUT2D eigenvalue weighted by Crippen LogP contribution is -2.22. The fourth-order valence-electron chi connectivity index (χ4n) is 2.81. The Balaban J connectivity index is 0.00000320. The molecule has 30 heavy (non-hydrogen) atoms. The molecule has 7 heteroatoms. The number of halogens is 2. The Hall–Kier alpha value is -2.29. The molecule has 158 valence electrons. The molecule has 0 atom stereocenters.